The number of ether oxygens (including phenoxy) is 2. The van der Waals surface area contributed by atoms with Crippen LogP contribution < -0.4 is 14.4 Å². The molecule has 2 amide bonds. The molecule has 8 nitrogen and oxygen atoms in total. The maximum atomic E-state index is 13.7. The third-order valence-corrected chi connectivity index (χ3v) is 6.59. The molecule has 0 bridgehead atoms. The second-order valence-electron chi connectivity index (χ2n) is 8.98. The topological polar surface area (TPSA) is 99.5 Å². The van der Waals surface area contributed by atoms with Crippen LogP contribution in [0.3, 0.4) is 0 Å². The van der Waals surface area contributed by atoms with Crippen molar-refractivity contribution in [1.29, 1.82) is 0 Å². The summed E-state index contributed by atoms with van der Waals surface area (Å²) >= 11 is 0. The van der Waals surface area contributed by atoms with Gasteiger partial charge < -0.3 is 24.6 Å². The Morgan fingerprint density at radius 3 is 2.39 bits per heavy atom. The zero-order chi connectivity index (χ0) is 25.1. The number of benzene rings is 3. The third kappa shape index (κ3) is 5.05. The fourth-order valence-corrected chi connectivity index (χ4v) is 4.50. The van der Waals surface area contributed by atoms with E-state index in [0.29, 0.717) is 49.5 Å². The van der Waals surface area contributed by atoms with E-state index in [1.165, 1.54) is 0 Å². The van der Waals surface area contributed by atoms with Crippen LogP contribution >= 0.6 is 0 Å². The first-order valence-corrected chi connectivity index (χ1v) is 12.0. The van der Waals surface area contributed by atoms with Gasteiger partial charge >= 0.3 is 6.03 Å². The fraction of sp³-hybridized carbons (Fsp3) is 0.286. The fourth-order valence-electron chi connectivity index (χ4n) is 4.50. The molecule has 2 aliphatic heterocycles. The van der Waals surface area contributed by atoms with Crippen molar-refractivity contribution in [2.75, 3.05) is 31.4 Å². The largest absolute Gasteiger partial charge is 0.454 e. The third-order valence-electron chi connectivity index (χ3n) is 6.59. The molecule has 1 fully saturated rings. The summed E-state index contributed by atoms with van der Waals surface area (Å²) in [5, 5.41) is 19.0. The summed E-state index contributed by atoms with van der Waals surface area (Å²) in [6, 6.07) is 20.3. The number of carbonyl (C=O) groups is 2. The smallest absolute Gasteiger partial charge is 0.324 e. The molecule has 0 radical (unpaired) electrons. The van der Waals surface area contributed by atoms with Gasteiger partial charge in [-0.05, 0) is 53.8 Å². The first-order chi connectivity index (χ1) is 17.5. The van der Waals surface area contributed by atoms with E-state index in [1.54, 1.807) is 34.1 Å². The van der Waals surface area contributed by atoms with Gasteiger partial charge in [-0.25, -0.2) is 4.79 Å². The number of likely N-dealkylation sites (tertiary alicyclic amines) is 1. The zero-order valence-corrected chi connectivity index (χ0v) is 19.8. The Hall–Kier alpha value is -3.88. The first kappa shape index (κ1) is 23.8. The van der Waals surface area contributed by atoms with Crippen molar-refractivity contribution < 1.29 is 29.3 Å². The molecule has 0 aliphatic carbocycles. The van der Waals surface area contributed by atoms with E-state index in [1.807, 2.05) is 42.5 Å². The van der Waals surface area contributed by atoms with Crippen LogP contribution in [0.15, 0.2) is 66.7 Å². The molecule has 0 spiro atoms. The number of amides is 2. The number of urea groups is 1. The molecule has 2 heterocycles. The minimum absolute atomic E-state index is 0.139. The average Bonchev–Trinajstić information content (AvgIpc) is 3.40. The van der Waals surface area contributed by atoms with Gasteiger partial charge in [0, 0.05) is 24.3 Å². The van der Waals surface area contributed by atoms with Crippen LogP contribution in [0.1, 0.15) is 28.8 Å². The number of Topliss-reactive ketones (excluding diaryl/α,β-unsaturated/α-hetero) is 1. The molecule has 0 unspecified atom stereocenters. The lowest BCUT2D eigenvalue weighted by molar-refractivity contribution is 0.0903. The molecule has 186 valence electrons. The lowest BCUT2D eigenvalue weighted by Gasteiger charge is -2.34. The van der Waals surface area contributed by atoms with Crippen molar-refractivity contribution in [3.63, 3.8) is 0 Å². The molecule has 36 heavy (non-hydrogen) atoms. The van der Waals surface area contributed by atoms with Gasteiger partial charge in [0.25, 0.3) is 0 Å². The summed E-state index contributed by atoms with van der Waals surface area (Å²) in [5.74, 6) is 1.05. The van der Waals surface area contributed by atoms with Crippen LogP contribution in [0.25, 0.3) is 11.1 Å². The molecule has 8 heteroatoms. The number of aliphatic hydroxyl groups is 2. The van der Waals surface area contributed by atoms with E-state index < -0.39 is 6.61 Å². The van der Waals surface area contributed by atoms with Crippen molar-refractivity contribution in [2.24, 2.45) is 0 Å². The number of aliphatic hydroxyl groups excluding tert-OH is 2. The highest BCUT2D eigenvalue weighted by atomic mass is 16.7. The van der Waals surface area contributed by atoms with Crippen LogP contribution in [0.5, 0.6) is 11.5 Å². The standard InChI is InChI=1S/C28H28N2O6/c31-17-25(33)20-6-4-19(5-7-20)16-30(28(34)29-12-10-24(32)11-13-29)23-3-1-2-21(14-23)22-8-9-26-27(15-22)36-18-35-26/h1-9,14-15,24,31-32H,10-13,16-18H2. The van der Waals surface area contributed by atoms with Crippen LogP contribution in [0.4, 0.5) is 10.5 Å². The Labute approximate surface area is 209 Å². The molecule has 2 aliphatic rings. The molecule has 5 rings (SSSR count). The maximum absolute atomic E-state index is 13.7. The predicted octanol–water partition coefficient (Wildman–Crippen LogP) is 3.84. The quantitative estimate of drug-likeness (QED) is 0.512. The van der Waals surface area contributed by atoms with E-state index in [-0.39, 0.29) is 24.7 Å². The summed E-state index contributed by atoms with van der Waals surface area (Å²) in [4.78, 5) is 29.0. The van der Waals surface area contributed by atoms with Crippen molar-refractivity contribution in [2.45, 2.75) is 25.5 Å². The van der Waals surface area contributed by atoms with Crippen LogP contribution in [0, 0.1) is 0 Å². The monoisotopic (exact) mass is 488 g/mol. The number of hydrogen-bond donors (Lipinski definition) is 2. The Balaban J connectivity index is 1.45. The van der Waals surface area contributed by atoms with Crippen LogP contribution in [-0.2, 0) is 6.54 Å². The maximum Gasteiger partial charge on any atom is 0.324 e. The second kappa shape index (κ2) is 10.4. The number of carbonyl (C=O) groups excluding carboxylic acids is 2. The lowest BCUT2D eigenvalue weighted by Crippen LogP contribution is -2.47. The number of fused-ring (bicyclic) bond motifs is 1. The summed E-state index contributed by atoms with van der Waals surface area (Å²) in [6.45, 7) is 0.937. The number of nitrogens with zero attached hydrogens (tertiary/aromatic N) is 2. The summed E-state index contributed by atoms with van der Waals surface area (Å²) in [7, 11) is 0. The van der Waals surface area contributed by atoms with E-state index in [2.05, 4.69) is 0 Å². The molecule has 0 saturated carbocycles. The number of hydrogen-bond acceptors (Lipinski definition) is 6. The SMILES string of the molecule is O=C(CO)c1ccc(CN(C(=O)N2CCC(O)CC2)c2cccc(-c3ccc4c(c3)OCO4)c2)cc1. The highest BCUT2D eigenvalue weighted by Crippen LogP contribution is 2.37. The van der Waals surface area contributed by atoms with Gasteiger partial charge in [-0.15, -0.1) is 0 Å². The molecule has 0 atom stereocenters. The Bertz CT molecular complexity index is 1250. The van der Waals surface area contributed by atoms with Gasteiger partial charge in [-0.3, -0.25) is 9.69 Å². The molecule has 2 N–H and O–H groups in total. The predicted molar refractivity (Wildman–Crippen MR) is 134 cm³/mol. The van der Waals surface area contributed by atoms with Gasteiger partial charge in [0.15, 0.2) is 17.3 Å². The Morgan fingerprint density at radius 2 is 1.64 bits per heavy atom. The van der Waals surface area contributed by atoms with Gasteiger partial charge in [0.2, 0.25) is 6.79 Å². The minimum Gasteiger partial charge on any atom is -0.454 e. The van der Waals surface area contributed by atoms with Gasteiger partial charge in [-0.1, -0.05) is 42.5 Å². The molecule has 1 saturated heterocycles. The summed E-state index contributed by atoms with van der Waals surface area (Å²) in [6.07, 6.45) is 0.720. The number of rotatable bonds is 6. The van der Waals surface area contributed by atoms with Crippen molar-refractivity contribution in [3.05, 3.63) is 77.9 Å². The van der Waals surface area contributed by atoms with Crippen molar-refractivity contribution in [1.82, 2.24) is 4.90 Å². The first-order valence-electron chi connectivity index (χ1n) is 12.0. The number of anilines is 1. The molecular weight excluding hydrogens is 460 g/mol. The number of ketones is 1. The molecule has 0 aromatic heterocycles. The van der Waals surface area contributed by atoms with E-state index in [0.717, 1.165) is 22.4 Å². The highest BCUT2D eigenvalue weighted by molar-refractivity contribution is 5.97. The van der Waals surface area contributed by atoms with Crippen molar-refractivity contribution >= 4 is 17.5 Å². The van der Waals surface area contributed by atoms with E-state index >= 15 is 0 Å². The van der Waals surface area contributed by atoms with Gasteiger partial charge in [0.1, 0.15) is 6.61 Å². The Kier molecular flexibility index (Phi) is 6.88. The van der Waals surface area contributed by atoms with E-state index in [4.69, 9.17) is 14.6 Å². The van der Waals surface area contributed by atoms with Crippen molar-refractivity contribution in [3.8, 4) is 22.6 Å². The van der Waals surface area contributed by atoms with Crippen LogP contribution in [0.2, 0.25) is 0 Å². The second-order valence-corrected chi connectivity index (χ2v) is 8.98. The Morgan fingerprint density at radius 1 is 0.917 bits per heavy atom. The van der Waals surface area contributed by atoms with Crippen LogP contribution in [-0.4, -0.2) is 59.5 Å². The summed E-state index contributed by atoms with van der Waals surface area (Å²) in [5.41, 5.74) is 3.89. The lowest BCUT2D eigenvalue weighted by atomic mass is 10.0. The van der Waals surface area contributed by atoms with Gasteiger partial charge in [0.05, 0.1) is 12.6 Å². The molecule has 3 aromatic carbocycles. The van der Waals surface area contributed by atoms with Gasteiger partial charge in [-0.2, -0.15) is 0 Å². The summed E-state index contributed by atoms with van der Waals surface area (Å²) < 4.78 is 10.9. The molecule has 3 aromatic rings. The number of piperidine rings is 1. The van der Waals surface area contributed by atoms with E-state index in [9.17, 15) is 14.7 Å². The average molecular weight is 489 g/mol. The zero-order valence-electron chi connectivity index (χ0n) is 19.8. The highest BCUT2D eigenvalue weighted by Gasteiger charge is 2.27. The normalized spacial score (nSPS) is 15.1. The molecular formula is C28H28N2O6. The minimum atomic E-state index is -0.544.